The maximum absolute atomic E-state index is 13.8. The fourth-order valence-corrected chi connectivity index (χ4v) is 4.15. The van der Waals surface area contributed by atoms with Gasteiger partial charge in [-0.05, 0) is 26.0 Å². The van der Waals surface area contributed by atoms with Gasteiger partial charge in [-0.1, -0.05) is 11.2 Å². The molecular weight excluding hydrogens is 459 g/mol. The summed E-state index contributed by atoms with van der Waals surface area (Å²) in [7, 11) is 1.50. The number of rotatable bonds is 6. The van der Waals surface area contributed by atoms with E-state index >= 15 is 0 Å². The van der Waals surface area contributed by atoms with Crippen LogP contribution in [0.15, 0.2) is 44.7 Å². The first-order chi connectivity index (χ1) is 16.6. The Labute approximate surface area is 197 Å². The first-order valence-electron chi connectivity index (χ1n) is 10.9. The summed E-state index contributed by atoms with van der Waals surface area (Å²) in [6.07, 6.45) is 1.33. The molecule has 0 saturated carbocycles. The first kappa shape index (κ1) is 22.5. The Bertz CT molecular complexity index is 1560. The van der Waals surface area contributed by atoms with Crippen molar-refractivity contribution in [2.24, 2.45) is 7.05 Å². The zero-order chi connectivity index (χ0) is 24.9. The molecule has 1 N–H and O–H groups in total. The van der Waals surface area contributed by atoms with Crippen molar-refractivity contribution in [3.63, 3.8) is 0 Å². The average Bonchev–Trinajstić information content (AvgIpc) is 3.39. The predicted octanol–water partition coefficient (Wildman–Crippen LogP) is 0.823. The lowest BCUT2D eigenvalue weighted by atomic mass is 9.99. The van der Waals surface area contributed by atoms with Crippen LogP contribution in [0, 0.1) is 6.92 Å². The van der Waals surface area contributed by atoms with Gasteiger partial charge in [0, 0.05) is 13.1 Å². The second kappa shape index (κ2) is 8.18. The molecule has 0 radical (unpaired) electrons. The lowest BCUT2D eigenvalue weighted by Gasteiger charge is -2.43. The van der Waals surface area contributed by atoms with Crippen molar-refractivity contribution in [2.45, 2.75) is 32.6 Å². The van der Waals surface area contributed by atoms with Gasteiger partial charge >= 0.3 is 5.69 Å². The van der Waals surface area contributed by atoms with E-state index in [1.54, 1.807) is 36.1 Å². The molecule has 12 nitrogen and oxygen atoms in total. The number of hydrogen-bond donors (Lipinski definition) is 1. The zero-order valence-electron chi connectivity index (χ0n) is 19.4. The van der Waals surface area contributed by atoms with Crippen molar-refractivity contribution < 1.29 is 13.7 Å². The molecule has 0 unspecified atom stereocenters. The minimum Gasteiger partial charge on any atom is -0.361 e. The lowest BCUT2D eigenvalue weighted by Crippen LogP contribution is -2.57. The number of halogens is 1. The molecule has 35 heavy (non-hydrogen) atoms. The van der Waals surface area contributed by atoms with Gasteiger partial charge in [-0.3, -0.25) is 18.7 Å². The Kier molecular flexibility index (Phi) is 5.26. The highest BCUT2D eigenvalue weighted by Crippen LogP contribution is 2.29. The number of aromatic nitrogens is 6. The van der Waals surface area contributed by atoms with E-state index in [-0.39, 0.29) is 37.3 Å². The Hall–Kier alpha value is -4.29. The standard InChI is InChI=1S/C22H23FN8O4/c1-13-7-14(27-35-13)8-31-20(33)18-19(28(3)21(31)34)24-12-29(18)9-17(32)26-15-5-4-6-16(25-15)30-10-22(2,23)11-30/h4-7,12H,8-11H2,1-3H3,(H,25,26,32). The number of fused-ring (bicyclic) bond motifs is 1. The summed E-state index contributed by atoms with van der Waals surface area (Å²) >= 11 is 0. The van der Waals surface area contributed by atoms with Gasteiger partial charge in [0.25, 0.3) is 5.56 Å². The summed E-state index contributed by atoms with van der Waals surface area (Å²) in [5, 5.41) is 6.54. The molecule has 13 heteroatoms. The molecule has 1 fully saturated rings. The quantitative estimate of drug-likeness (QED) is 0.427. The van der Waals surface area contributed by atoms with Crippen LogP contribution >= 0.6 is 0 Å². The average molecular weight is 482 g/mol. The molecular formula is C22H23FN8O4. The van der Waals surface area contributed by atoms with E-state index < -0.39 is 22.8 Å². The molecule has 5 rings (SSSR count). The van der Waals surface area contributed by atoms with E-state index in [1.165, 1.54) is 29.4 Å². The molecule has 4 aromatic rings. The van der Waals surface area contributed by atoms with Gasteiger partial charge in [-0.25, -0.2) is 19.2 Å². The van der Waals surface area contributed by atoms with Crippen LogP contribution in [-0.4, -0.2) is 53.5 Å². The van der Waals surface area contributed by atoms with E-state index in [0.29, 0.717) is 23.1 Å². The molecule has 0 aromatic carbocycles. The molecule has 4 aromatic heterocycles. The van der Waals surface area contributed by atoms with Gasteiger partial charge in [0.2, 0.25) is 5.91 Å². The van der Waals surface area contributed by atoms with E-state index in [9.17, 15) is 18.8 Å². The Morgan fingerprint density at radius 3 is 2.74 bits per heavy atom. The predicted molar refractivity (Wildman–Crippen MR) is 124 cm³/mol. The second-order valence-corrected chi connectivity index (χ2v) is 8.91. The van der Waals surface area contributed by atoms with Crippen LogP contribution in [0.3, 0.4) is 0 Å². The molecule has 0 aliphatic carbocycles. The normalized spacial score (nSPS) is 14.8. The van der Waals surface area contributed by atoms with Crippen molar-refractivity contribution in [3.05, 3.63) is 62.9 Å². The number of carbonyl (C=O) groups is 1. The third-order valence-corrected chi connectivity index (χ3v) is 5.78. The lowest BCUT2D eigenvalue weighted by molar-refractivity contribution is -0.116. The van der Waals surface area contributed by atoms with Gasteiger partial charge in [0.15, 0.2) is 11.2 Å². The number of anilines is 2. The smallest absolute Gasteiger partial charge is 0.332 e. The fourth-order valence-electron chi connectivity index (χ4n) is 4.15. The number of nitrogens with one attached hydrogen (secondary N) is 1. The van der Waals surface area contributed by atoms with Crippen LogP contribution in [0.2, 0.25) is 0 Å². The minimum absolute atomic E-state index is 0.0820. The summed E-state index contributed by atoms with van der Waals surface area (Å²) in [6, 6.07) is 6.72. The number of hydrogen-bond acceptors (Lipinski definition) is 8. The molecule has 1 amide bonds. The Balaban J connectivity index is 1.39. The van der Waals surface area contributed by atoms with Gasteiger partial charge in [-0.15, -0.1) is 0 Å². The molecule has 0 spiro atoms. The second-order valence-electron chi connectivity index (χ2n) is 8.91. The molecule has 1 aliphatic rings. The number of pyridine rings is 1. The van der Waals surface area contributed by atoms with Crippen LogP contribution in [0.1, 0.15) is 18.4 Å². The number of carbonyl (C=O) groups excluding carboxylic acids is 1. The SMILES string of the molecule is Cc1cc(Cn2c(=O)c3c(ncn3CC(=O)Nc3cccc(N4CC(C)(F)C4)n3)n(C)c2=O)no1. The fraction of sp³-hybridized carbons (Fsp3) is 0.364. The van der Waals surface area contributed by atoms with Crippen LogP contribution in [0.5, 0.6) is 0 Å². The monoisotopic (exact) mass is 482 g/mol. The largest absolute Gasteiger partial charge is 0.361 e. The van der Waals surface area contributed by atoms with Gasteiger partial charge in [0.1, 0.15) is 35.3 Å². The highest BCUT2D eigenvalue weighted by atomic mass is 19.1. The van der Waals surface area contributed by atoms with Crippen LogP contribution in [0.4, 0.5) is 16.0 Å². The maximum Gasteiger partial charge on any atom is 0.332 e. The van der Waals surface area contributed by atoms with E-state index in [1.807, 2.05) is 0 Å². The van der Waals surface area contributed by atoms with Crippen LogP contribution in [-0.2, 0) is 24.9 Å². The first-order valence-corrected chi connectivity index (χ1v) is 10.9. The van der Waals surface area contributed by atoms with E-state index in [0.717, 1.165) is 4.57 Å². The molecule has 0 bridgehead atoms. The minimum atomic E-state index is -1.25. The van der Waals surface area contributed by atoms with Crippen molar-refractivity contribution in [2.75, 3.05) is 23.3 Å². The van der Waals surface area contributed by atoms with Crippen molar-refractivity contribution in [3.8, 4) is 0 Å². The maximum atomic E-state index is 13.8. The van der Waals surface area contributed by atoms with Crippen LogP contribution < -0.4 is 21.5 Å². The molecule has 5 heterocycles. The molecule has 182 valence electrons. The van der Waals surface area contributed by atoms with Crippen LogP contribution in [0.25, 0.3) is 11.2 Å². The number of alkyl halides is 1. The number of nitrogens with zero attached hydrogens (tertiary/aromatic N) is 7. The Morgan fingerprint density at radius 1 is 1.29 bits per heavy atom. The summed E-state index contributed by atoms with van der Waals surface area (Å²) in [5.41, 5.74) is -1.72. The topological polar surface area (TPSA) is 133 Å². The van der Waals surface area contributed by atoms with Gasteiger partial charge < -0.3 is 19.3 Å². The molecule has 1 aliphatic heterocycles. The summed E-state index contributed by atoms with van der Waals surface area (Å²) in [6.45, 7) is 3.39. The zero-order valence-corrected chi connectivity index (χ0v) is 19.4. The van der Waals surface area contributed by atoms with Crippen molar-refractivity contribution in [1.82, 2.24) is 28.8 Å². The third-order valence-electron chi connectivity index (χ3n) is 5.78. The summed E-state index contributed by atoms with van der Waals surface area (Å²) < 4.78 is 22.5. The third kappa shape index (κ3) is 4.20. The molecule has 1 saturated heterocycles. The number of aryl methyl sites for hydroxylation is 2. The van der Waals surface area contributed by atoms with Crippen molar-refractivity contribution >= 4 is 28.7 Å². The molecule has 0 atom stereocenters. The van der Waals surface area contributed by atoms with E-state index in [4.69, 9.17) is 4.52 Å². The van der Waals surface area contributed by atoms with E-state index in [2.05, 4.69) is 20.4 Å². The summed E-state index contributed by atoms with van der Waals surface area (Å²) in [5.74, 6) is 0.973. The van der Waals surface area contributed by atoms with Gasteiger partial charge in [0.05, 0.1) is 26.0 Å². The highest BCUT2D eigenvalue weighted by molar-refractivity contribution is 5.90. The number of amides is 1. The summed E-state index contributed by atoms with van der Waals surface area (Å²) in [4.78, 5) is 49.0. The number of imidazole rings is 1. The van der Waals surface area contributed by atoms with Gasteiger partial charge in [-0.2, -0.15) is 0 Å². The highest BCUT2D eigenvalue weighted by Gasteiger charge is 2.39. The Morgan fingerprint density at radius 2 is 2.06 bits per heavy atom. The van der Waals surface area contributed by atoms with Crippen molar-refractivity contribution in [1.29, 1.82) is 0 Å².